The minimum atomic E-state index is -2.98. The van der Waals surface area contributed by atoms with Gasteiger partial charge in [-0.05, 0) is 42.2 Å². The predicted octanol–water partition coefficient (Wildman–Crippen LogP) is 3.00. The molecule has 4 heteroatoms. The third-order valence-electron chi connectivity index (χ3n) is 5.31. The van der Waals surface area contributed by atoms with E-state index in [2.05, 4.69) is 45.0 Å². The molecule has 2 aliphatic heterocycles. The van der Waals surface area contributed by atoms with E-state index in [9.17, 15) is 13.5 Å². The second-order valence-electron chi connectivity index (χ2n) is 8.17. The molecule has 2 heterocycles. The van der Waals surface area contributed by atoms with Crippen LogP contribution in [0.3, 0.4) is 0 Å². The first-order valence-corrected chi connectivity index (χ1v) is 9.76. The van der Waals surface area contributed by atoms with Crippen molar-refractivity contribution >= 4 is 9.84 Å². The maximum Gasteiger partial charge on any atom is 0.156 e. The van der Waals surface area contributed by atoms with Crippen LogP contribution in [-0.2, 0) is 21.7 Å². The summed E-state index contributed by atoms with van der Waals surface area (Å²) in [6, 6.07) is 8.38. The number of benzene rings is 1. The first-order chi connectivity index (χ1) is 10.1. The van der Waals surface area contributed by atoms with Crippen molar-refractivity contribution in [3.8, 4) is 0 Å². The molecule has 0 spiro atoms. The van der Waals surface area contributed by atoms with Crippen LogP contribution in [0, 0.1) is 0 Å². The summed E-state index contributed by atoms with van der Waals surface area (Å²) in [5.41, 5.74) is 1.62. The molecule has 1 aromatic rings. The molecule has 2 aliphatic rings. The molecule has 2 atom stereocenters. The smallest absolute Gasteiger partial charge is 0.156 e. The van der Waals surface area contributed by atoms with Gasteiger partial charge in [-0.15, -0.1) is 0 Å². The van der Waals surface area contributed by atoms with Gasteiger partial charge in [-0.2, -0.15) is 0 Å². The Morgan fingerprint density at radius 2 is 1.59 bits per heavy atom. The number of hydrogen-bond donors (Lipinski definition) is 1. The minimum absolute atomic E-state index is 0.119. The standard InChI is InChI=1S/C18H26O3S/c1-17(2,3)14-6-4-13(5-7-14)10-18(19)11-15-8-9-16(12-18)22(15,20)21/h4-7,15-16,19H,8-12H2,1-3H3. The normalized spacial score (nSPS) is 33.8. The zero-order chi connectivity index (χ0) is 16.2. The van der Waals surface area contributed by atoms with Crippen molar-refractivity contribution in [1.82, 2.24) is 0 Å². The van der Waals surface area contributed by atoms with Gasteiger partial charge in [0.2, 0.25) is 0 Å². The van der Waals surface area contributed by atoms with Crippen LogP contribution >= 0.6 is 0 Å². The first kappa shape index (κ1) is 16.0. The highest BCUT2D eigenvalue weighted by molar-refractivity contribution is 7.93. The molecule has 0 amide bonds. The SMILES string of the molecule is CC(C)(C)c1ccc(CC2(O)CC3CCC(C2)S3(=O)=O)cc1. The fourth-order valence-corrected chi connectivity index (χ4v) is 6.55. The Morgan fingerprint density at radius 3 is 2.05 bits per heavy atom. The highest BCUT2D eigenvalue weighted by Crippen LogP contribution is 2.44. The van der Waals surface area contributed by atoms with Gasteiger partial charge in [0.1, 0.15) is 0 Å². The molecule has 1 aromatic carbocycles. The fourth-order valence-electron chi connectivity index (χ4n) is 3.99. The quantitative estimate of drug-likeness (QED) is 0.910. The van der Waals surface area contributed by atoms with Gasteiger partial charge in [0.15, 0.2) is 9.84 Å². The molecular formula is C18H26O3S. The zero-order valence-corrected chi connectivity index (χ0v) is 14.5. The maximum absolute atomic E-state index is 12.2. The third-order valence-corrected chi connectivity index (χ3v) is 7.97. The van der Waals surface area contributed by atoms with Crippen LogP contribution in [0.25, 0.3) is 0 Å². The summed E-state index contributed by atoms with van der Waals surface area (Å²) in [5, 5.41) is 10.2. The topological polar surface area (TPSA) is 54.4 Å². The van der Waals surface area contributed by atoms with E-state index in [4.69, 9.17) is 0 Å². The van der Waals surface area contributed by atoms with Crippen molar-refractivity contribution in [2.75, 3.05) is 0 Å². The highest BCUT2D eigenvalue weighted by Gasteiger charge is 2.52. The van der Waals surface area contributed by atoms with E-state index in [1.165, 1.54) is 5.56 Å². The lowest BCUT2D eigenvalue weighted by Gasteiger charge is -2.36. The van der Waals surface area contributed by atoms with Gasteiger partial charge in [-0.3, -0.25) is 0 Å². The van der Waals surface area contributed by atoms with Gasteiger partial charge in [0.25, 0.3) is 0 Å². The van der Waals surface area contributed by atoms with Crippen molar-refractivity contribution < 1.29 is 13.5 Å². The monoisotopic (exact) mass is 322 g/mol. The second kappa shape index (κ2) is 5.07. The summed E-state index contributed by atoms with van der Waals surface area (Å²) >= 11 is 0. The molecule has 2 saturated heterocycles. The number of hydrogen-bond acceptors (Lipinski definition) is 3. The average Bonchev–Trinajstić information content (AvgIpc) is 2.59. The van der Waals surface area contributed by atoms with Gasteiger partial charge in [-0.25, -0.2) is 8.42 Å². The van der Waals surface area contributed by atoms with E-state index in [-0.39, 0.29) is 15.9 Å². The maximum atomic E-state index is 12.2. The number of rotatable bonds is 2. The Labute approximate surface area is 133 Å². The molecule has 2 fully saturated rings. The van der Waals surface area contributed by atoms with Crippen LogP contribution in [-0.4, -0.2) is 29.6 Å². The Kier molecular flexibility index (Phi) is 3.69. The van der Waals surface area contributed by atoms with Crippen LogP contribution in [0.4, 0.5) is 0 Å². The zero-order valence-electron chi connectivity index (χ0n) is 13.7. The molecule has 0 radical (unpaired) electrons. The molecule has 2 bridgehead atoms. The summed E-state index contributed by atoms with van der Waals surface area (Å²) in [5.74, 6) is 0. The molecule has 22 heavy (non-hydrogen) atoms. The van der Waals surface area contributed by atoms with E-state index in [1.807, 2.05) is 0 Å². The summed E-state index contributed by atoms with van der Waals surface area (Å²) in [6.07, 6.45) is 2.79. The Hall–Kier alpha value is -0.870. The summed E-state index contributed by atoms with van der Waals surface area (Å²) in [6.45, 7) is 6.54. The molecule has 2 unspecified atom stereocenters. The van der Waals surface area contributed by atoms with Gasteiger partial charge < -0.3 is 5.11 Å². The molecule has 0 saturated carbocycles. The average molecular weight is 322 g/mol. The fraction of sp³-hybridized carbons (Fsp3) is 0.667. The first-order valence-electron chi connectivity index (χ1n) is 8.15. The lowest BCUT2D eigenvalue weighted by Crippen LogP contribution is -2.46. The van der Waals surface area contributed by atoms with Gasteiger partial charge in [0.05, 0.1) is 16.1 Å². The minimum Gasteiger partial charge on any atom is -0.389 e. The molecule has 1 N–H and O–H groups in total. The van der Waals surface area contributed by atoms with Gasteiger partial charge in [0, 0.05) is 6.42 Å². The second-order valence-corrected chi connectivity index (χ2v) is 10.7. The van der Waals surface area contributed by atoms with Gasteiger partial charge >= 0.3 is 0 Å². The lowest BCUT2D eigenvalue weighted by atomic mass is 9.84. The molecular weight excluding hydrogens is 296 g/mol. The van der Waals surface area contributed by atoms with Crippen molar-refractivity contribution in [1.29, 1.82) is 0 Å². The van der Waals surface area contributed by atoms with Crippen molar-refractivity contribution in [3.63, 3.8) is 0 Å². The lowest BCUT2D eigenvalue weighted by molar-refractivity contribution is 0.0219. The molecule has 3 nitrogen and oxygen atoms in total. The number of fused-ring (bicyclic) bond motifs is 2. The highest BCUT2D eigenvalue weighted by atomic mass is 32.2. The van der Waals surface area contributed by atoms with E-state index in [0.717, 1.165) is 18.4 Å². The van der Waals surface area contributed by atoms with Crippen LogP contribution in [0.1, 0.15) is 57.6 Å². The van der Waals surface area contributed by atoms with E-state index >= 15 is 0 Å². The van der Waals surface area contributed by atoms with Crippen molar-refractivity contribution in [3.05, 3.63) is 35.4 Å². The van der Waals surface area contributed by atoms with Gasteiger partial charge in [-0.1, -0.05) is 45.0 Å². The van der Waals surface area contributed by atoms with Crippen molar-refractivity contribution in [2.24, 2.45) is 0 Å². The molecule has 3 rings (SSSR count). The van der Waals surface area contributed by atoms with E-state index in [0.29, 0.717) is 19.3 Å². The molecule has 122 valence electrons. The summed E-state index contributed by atoms with van der Waals surface area (Å²) < 4.78 is 24.3. The van der Waals surface area contributed by atoms with E-state index in [1.54, 1.807) is 0 Å². The number of sulfone groups is 1. The third kappa shape index (κ3) is 2.83. The number of aliphatic hydroxyl groups is 1. The Bertz CT molecular complexity index is 633. The van der Waals surface area contributed by atoms with Crippen LogP contribution in [0.5, 0.6) is 0 Å². The Balaban J connectivity index is 1.76. The van der Waals surface area contributed by atoms with E-state index < -0.39 is 15.4 Å². The summed E-state index contributed by atoms with van der Waals surface area (Å²) in [4.78, 5) is 0. The molecule has 0 aromatic heterocycles. The summed E-state index contributed by atoms with van der Waals surface area (Å²) in [7, 11) is -2.98. The largest absolute Gasteiger partial charge is 0.389 e. The van der Waals surface area contributed by atoms with Crippen LogP contribution in [0.15, 0.2) is 24.3 Å². The van der Waals surface area contributed by atoms with Crippen LogP contribution < -0.4 is 0 Å². The molecule has 0 aliphatic carbocycles. The predicted molar refractivity (Wildman–Crippen MR) is 88.8 cm³/mol. The van der Waals surface area contributed by atoms with Crippen LogP contribution in [0.2, 0.25) is 0 Å². The van der Waals surface area contributed by atoms with Crippen molar-refractivity contribution in [2.45, 2.75) is 74.4 Å². The Morgan fingerprint density at radius 1 is 1.09 bits per heavy atom.